The number of hydrogen-bond acceptors (Lipinski definition) is 7. The molecule has 1 aromatic heterocycles. The van der Waals surface area contributed by atoms with E-state index in [1.54, 1.807) is 32.2 Å². The maximum absolute atomic E-state index is 13.2. The van der Waals surface area contributed by atoms with Crippen LogP contribution in [0.4, 0.5) is 5.82 Å². The van der Waals surface area contributed by atoms with Crippen molar-refractivity contribution in [2.24, 2.45) is 20.0 Å². The molecular weight excluding hydrogens is 402 g/mol. The first-order valence-electron chi connectivity index (χ1n) is 10.0. The molecule has 2 aliphatic rings. The molecule has 0 radical (unpaired) electrons. The van der Waals surface area contributed by atoms with Crippen LogP contribution in [0.1, 0.15) is 37.8 Å². The lowest BCUT2D eigenvalue weighted by atomic mass is 9.82. The largest absolute Gasteiger partial charge is 0.462 e. The maximum atomic E-state index is 13.2. The molecule has 0 bridgehead atoms. The second-order valence-corrected chi connectivity index (χ2v) is 8.17. The lowest BCUT2D eigenvalue weighted by Crippen LogP contribution is -2.43. The number of hydrogen-bond donors (Lipinski definition) is 1. The van der Waals surface area contributed by atoms with Gasteiger partial charge in [0.15, 0.2) is 11.5 Å². The number of anilines is 1. The molecule has 1 N–H and O–H groups in total. The molecule has 9 nitrogen and oxygen atoms in total. The van der Waals surface area contributed by atoms with E-state index in [9.17, 15) is 14.4 Å². The van der Waals surface area contributed by atoms with E-state index in [1.807, 2.05) is 13.8 Å². The topological polar surface area (TPSA) is 101 Å². The molecule has 0 amide bonds. The second-order valence-electron chi connectivity index (χ2n) is 8.17. The quantitative estimate of drug-likeness (QED) is 0.743. The van der Waals surface area contributed by atoms with Crippen LogP contribution in [0.25, 0.3) is 0 Å². The summed E-state index contributed by atoms with van der Waals surface area (Å²) in [7, 11) is 3.00. The SMILES string of the molecule is CC1=C(C(=O)OCC(C)C)C(c2ccc3c(c2)OCO3)c2c(n(C)c(=O)n(C)c2=O)N1. The second kappa shape index (κ2) is 7.64. The molecule has 1 unspecified atom stereocenters. The molecule has 0 saturated carbocycles. The Bertz CT molecular complexity index is 1220. The van der Waals surface area contributed by atoms with Gasteiger partial charge in [-0.3, -0.25) is 13.9 Å². The average Bonchev–Trinajstić information content (AvgIpc) is 3.21. The summed E-state index contributed by atoms with van der Waals surface area (Å²) in [6, 6.07) is 5.30. The van der Waals surface area contributed by atoms with Crippen molar-refractivity contribution < 1.29 is 19.0 Å². The fourth-order valence-electron chi connectivity index (χ4n) is 3.90. The third-order valence-corrected chi connectivity index (χ3v) is 5.48. The van der Waals surface area contributed by atoms with Crippen LogP contribution in [0, 0.1) is 5.92 Å². The molecule has 4 rings (SSSR count). The van der Waals surface area contributed by atoms with E-state index in [-0.39, 0.29) is 19.3 Å². The Kier molecular flexibility index (Phi) is 5.12. The van der Waals surface area contributed by atoms with Gasteiger partial charge in [-0.2, -0.15) is 0 Å². The zero-order valence-electron chi connectivity index (χ0n) is 18.1. The normalized spacial score (nSPS) is 16.9. The first kappa shape index (κ1) is 20.8. The van der Waals surface area contributed by atoms with Crippen LogP contribution in [-0.2, 0) is 23.6 Å². The standard InChI is InChI=1S/C22H25N3O6/c1-11(2)9-29-21(27)16-12(3)23-19-18(20(26)25(5)22(28)24(19)4)17(16)13-6-7-14-15(8-13)31-10-30-14/h6-8,11,17,23H,9-10H2,1-5H3. The van der Waals surface area contributed by atoms with E-state index in [1.165, 1.54) is 11.6 Å². The number of rotatable bonds is 4. The Hall–Kier alpha value is -3.49. The number of aromatic nitrogens is 2. The molecule has 31 heavy (non-hydrogen) atoms. The van der Waals surface area contributed by atoms with Crippen molar-refractivity contribution in [3.8, 4) is 11.5 Å². The number of fused-ring (bicyclic) bond motifs is 2. The van der Waals surface area contributed by atoms with Gasteiger partial charge < -0.3 is 19.5 Å². The average molecular weight is 427 g/mol. The fraction of sp³-hybridized carbons (Fsp3) is 0.409. The van der Waals surface area contributed by atoms with Crippen molar-refractivity contribution in [3.05, 3.63) is 61.4 Å². The first-order valence-corrected chi connectivity index (χ1v) is 10.0. The Balaban J connectivity index is 1.95. The van der Waals surface area contributed by atoms with Crippen LogP contribution in [0.3, 0.4) is 0 Å². The van der Waals surface area contributed by atoms with Crippen LogP contribution in [-0.4, -0.2) is 28.5 Å². The van der Waals surface area contributed by atoms with Gasteiger partial charge in [0.2, 0.25) is 6.79 Å². The highest BCUT2D eigenvalue weighted by molar-refractivity contribution is 5.94. The van der Waals surface area contributed by atoms with Crippen LogP contribution < -0.4 is 26.0 Å². The van der Waals surface area contributed by atoms with E-state index in [0.717, 1.165) is 4.57 Å². The third-order valence-electron chi connectivity index (χ3n) is 5.48. The minimum absolute atomic E-state index is 0.107. The highest BCUT2D eigenvalue weighted by Crippen LogP contribution is 2.43. The summed E-state index contributed by atoms with van der Waals surface area (Å²) < 4.78 is 18.8. The van der Waals surface area contributed by atoms with Gasteiger partial charge in [0.05, 0.1) is 23.7 Å². The molecule has 0 saturated heterocycles. The minimum Gasteiger partial charge on any atom is -0.462 e. The smallest absolute Gasteiger partial charge is 0.336 e. The summed E-state index contributed by atoms with van der Waals surface area (Å²) in [6.45, 7) is 5.99. The van der Waals surface area contributed by atoms with Gasteiger partial charge in [0.25, 0.3) is 5.56 Å². The zero-order valence-corrected chi connectivity index (χ0v) is 18.1. The number of allylic oxidation sites excluding steroid dienone is 1. The van der Waals surface area contributed by atoms with E-state index >= 15 is 0 Å². The van der Waals surface area contributed by atoms with Crippen molar-refractivity contribution in [2.45, 2.75) is 26.7 Å². The predicted molar refractivity (Wildman–Crippen MR) is 113 cm³/mol. The number of carbonyl (C=O) groups excluding carboxylic acids is 1. The van der Waals surface area contributed by atoms with Crippen molar-refractivity contribution >= 4 is 11.8 Å². The summed E-state index contributed by atoms with van der Waals surface area (Å²) in [6.07, 6.45) is 0. The Morgan fingerprint density at radius 2 is 1.90 bits per heavy atom. The summed E-state index contributed by atoms with van der Waals surface area (Å²) in [5.74, 6) is 0.390. The molecule has 0 aliphatic carbocycles. The van der Waals surface area contributed by atoms with Gasteiger partial charge in [-0.1, -0.05) is 19.9 Å². The van der Waals surface area contributed by atoms with Crippen LogP contribution >= 0.6 is 0 Å². The van der Waals surface area contributed by atoms with Crippen molar-refractivity contribution in [2.75, 3.05) is 18.7 Å². The summed E-state index contributed by atoms with van der Waals surface area (Å²) >= 11 is 0. The molecule has 9 heteroatoms. The Morgan fingerprint density at radius 3 is 2.61 bits per heavy atom. The summed E-state index contributed by atoms with van der Waals surface area (Å²) in [5.41, 5.74) is 0.869. The molecule has 3 heterocycles. The predicted octanol–water partition coefficient (Wildman–Crippen LogP) is 1.84. The van der Waals surface area contributed by atoms with E-state index < -0.39 is 23.1 Å². The number of esters is 1. The number of nitrogens with zero attached hydrogens (tertiary/aromatic N) is 2. The van der Waals surface area contributed by atoms with Gasteiger partial charge in [-0.25, -0.2) is 9.59 Å². The number of carbonyl (C=O) groups is 1. The number of benzene rings is 1. The zero-order chi connectivity index (χ0) is 22.4. The lowest BCUT2D eigenvalue weighted by Gasteiger charge is -2.31. The van der Waals surface area contributed by atoms with Gasteiger partial charge in [0, 0.05) is 19.8 Å². The van der Waals surface area contributed by atoms with E-state index in [0.29, 0.717) is 39.7 Å². The van der Waals surface area contributed by atoms with E-state index in [2.05, 4.69) is 5.32 Å². The van der Waals surface area contributed by atoms with Gasteiger partial charge >= 0.3 is 11.7 Å². The van der Waals surface area contributed by atoms with Crippen LogP contribution in [0.15, 0.2) is 39.1 Å². The Morgan fingerprint density at radius 1 is 1.19 bits per heavy atom. The monoisotopic (exact) mass is 427 g/mol. The highest BCUT2D eigenvalue weighted by Gasteiger charge is 2.38. The summed E-state index contributed by atoms with van der Waals surface area (Å²) in [5, 5.41) is 3.08. The number of ether oxygens (including phenoxy) is 3. The molecule has 1 atom stereocenters. The molecule has 1 aromatic carbocycles. The van der Waals surface area contributed by atoms with Crippen LogP contribution in [0.5, 0.6) is 11.5 Å². The van der Waals surface area contributed by atoms with Crippen molar-refractivity contribution in [3.63, 3.8) is 0 Å². The Labute approximate surface area is 178 Å². The molecule has 2 aliphatic heterocycles. The lowest BCUT2D eigenvalue weighted by molar-refractivity contribution is -0.140. The van der Waals surface area contributed by atoms with Crippen molar-refractivity contribution in [1.29, 1.82) is 0 Å². The van der Waals surface area contributed by atoms with E-state index in [4.69, 9.17) is 14.2 Å². The summed E-state index contributed by atoms with van der Waals surface area (Å²) in [4.78, 5) is 38.9. The molecule has 0 spiro atoms. The number of nitrogens with one attached hydrogen (secondary N) is 1. The fourth-order valence-corrected chi connectivity index (χ4v) is 3.90. The third kappa shape index (κ3) is 3.39. The highest BCUT2D eigenvalue weighted by atomic mass is 16.7. The minimum atomic E-state index is -0.740. The molecule has 2 aromatic rings. The molecule has 164 valence electrons. The van der Waals surface area contributed by atoms with Crippen LogP contribution in [0.2, 0.25) is 0 Å². The maximum Gasteiger partial charge on any atom is 0.336 e. The van der Waals surface area contributed by atoms with Gasteiger partial charge in [-0.05, 0) is 30.5 Å². The molecule has 0 fully saturated rings. The van der Waals surface area contributed by atoms with Gasteiger partial charge in [0.1, 0.15) is 5.82 Å². The van der Waals surface area contributed by atoms with Gasteiger partial charge in [-0.15, -0.1) is 0 Å². The molecular formula is C22H25N3O6. The first-order chi connectivity index (χ1) is 14.7. The van der Waals surface area contributed by atoms with Crippen molar-refractivity contribution in [1.82, 2.24) is 9.13 Å².